The molecular formula is C22H26O2. The van der Waals surface area contributed by atoms with Gasteiger partial charge in [-0.05, 0) is 79.5 Å². The first-order valence-electron chi connectivity index (χ1n) is 9.13. The number of benzene rings is 1. The van der Waals surface area contributed by atoms with E-state index in [2.05, 4.69) is 37.6 Å². The van der Waals surface area contributed by atoms with Crippen LogP contribution in [0.15, 0.2) is 31.0 Å². The molecule has 2 heteroatoms. The molecule has 0 spiro atoms. The number of terminal acetylenes is 1. The molecule has 24 heavy (non-hydrogen) atoms. The lowest BCUT2D eigenvalue weighted by Gasteiger charge is -2.52. The van der Waals surface area contributed by atoms with Gasteiger partial charge < -0.3 is 9.84 Å². The second kappa shape index (κ2) is 5.39. The van der Waals surface area contributed by atoms with Crippen LogP contribution in [0.1, 0.15) is 56.1 Å². The van der Waals surface area contributed by atoms with Crippen LogP contribution in [-0.2, 0) is 6.42 Å². The molecule has 0 aliphatic heterocycles. The minimum Gasteiger partial charge on any atom is -0.466 e. The molecule has 4 rings (SSSR count). The lowest BCUT2D eigenvalue weighted by atomic mass is 9.53. The highest BCUT2D eigenvalue weighted by Crippen LogP contribution is 2.64. The Bertz CT molecular complexity index is 715. The van der Waals surface area contributed by atoms with E-state index in [0.717, 1.165) is 37.9 Å². The third-order valence-corrected chi connectivity index (χ3v) is 7.31. The van der Waals surface area contributed by atoms with E-state index < -0.39 is 5.60 Å². The Balaban J connectivity index is 1.67. The number of fused-ring (bicyclic) bond motifs is 5. The Morgan fingerprint density at radius 2 is 2.17 bits per heavy atom. The molecule has 0 aromatic heterocycles. The molecule has 2 nitrogen and oxygen atoms in total. The molecule has 3 aliphatic rings. The topological polar surface area (TPSA) is 29.5 Å². The third kappa shape index (κ3) is 2.01. The van der Waals surface area contributed by atoms with E-state index >= 15 is 0 Å². The van der Waals surface area contributed by atoms with Crippen LogP contribution in [0.2, 0.25) is 0 Å². The van der Waals surface area contributed by atoms with Crippen molar-refractivity contribution >= 4 is 0 Å². The summed E-state index contributed by atoms with van der Waals surface area (Å²) >= 11 is 0. The van der Waals surface area contributed by atoms with Crippen molar-refractivity contribution in [2.45, 2.75) is 57.0 Å². The Kier molecular flexibility index (Phi) is 3.55. The molecule has 2 fully saturated rings. The molecular weight excluding hydrogens is 296 g/mol. The van der Waals surface area contributed by atoms with Gasteiger partial charge in [0.25, 0.3) is 0 Å². The number of hydrogen-bond donors (Lipinski definition) is 1. The second-order valence-corrected chi connectivity index (χ2v) is 8.06. The molecule has 2 saturated carbocycles. The fourth-order valence-corrected chi connectivity index (χ4v) is 5.98. The Labute approximate surface area is 144 Å². The van der Waals surface area contributed by atoms with Crippen molar-refractivity contribution < 1.29 is 9.84 Å². The van der Waals surface area contributed by atoms with Crippen molar-refractivity contribution in [3.8, 4) is 18.1 Å². The molecule has 3 aliphatic carbocycles. The van der Waals surface area contributed by atoms with Gasteiger partial charge in [0.05, 0.1) is 6.26 Å². The van der Waals surface area contributed by atoms with E-state index in [1.165, 1.54) is 23.8 Å². The van der Waals surface area contributed by atoms with Crippen LogP contribution < -0.4 is 4.74 Å². The van der Waals surface area contributed by atoms with E-state index in [0.29, 0.717) is 17.8 Å². The van der Waals surface area contributed by atoms with Crippen LogP contribution in [0.3, 0.4) is 0 Å². The van der Waals surface area contributed by atoms with Gasteiger partial charge in [0.1, 0.15) is 11.4 Å². The standard InChI is InChI=1S/C22H26O2/c1-4-22(23)13-11-20-19-8-6-15-14-16(24-5-2)7-9-17(15)18(19)10-12-21(20,22)3/h1,5,7,9,14,18-20,23H,2,6,8,10-13H2,3H3/t18-,19-,20+,21?,22+/m1/s1. The predicted molar refractivity (Wildman–Crippen MR) is 95.7 cm³/mol. The molecule has 5 atom stereocenters. The first-order chi connectivity index (χ1) is 11.5. The number of rotatable bonds is 2. The Morgan fingerprint density at radius 3 is 2.92 bits per heavy atom. The summed E-state index contributed by atoms with van der Waals surface area (Å²) in [6.07, 6.45) is 13.4. The largest absolute Gasteiger partial charge is 0.466 e. The highest BCUT2D eigenvalue weighted by Gasteiger charge is 2.61. The van der Waals surface area contributed by atoms with Gasteiger partial charge in [0.2, 0.25) is 0 Å². The van der Waals surface area contributed by atoms with E-state index in [-0.39, 0.29) is 5.41 Å². The smallest absolute Gasteiger partial charge is 0.130 e. The van der Waals surface area contributed by atoms with Crippen LogP contribution in [0.5, 0.6) is 5.75 Å². The van der Waals surface area contributed by atoms with Gasteiger partial charge >= 0.3 is 0 Å². The van der Waals surface area contributed by atoms with Gasteiger partial charge in [-0.3, -0.25) is 0 Å². The maximum Gasteiger partial charge on any atom is 0.130 e. The summed E-state index contributed by atoms with van der Waals surface area (Å²) in [5.41, 5.74) is 1.88. The number of hydrogen-bond acceptors (Lipinski definition) is 2. The molecule has 1 N–H and O–H groups in total. The number of aryl methyl sites for hydroxylation is 1. The summed E-state index contributed by atoms with van der Waals surface area (Å²) in [7, 11) is 0. The highest BCUT2D eigenvalue weighted by molar-refractivity contribution is 5.41. The van der Waals surface area contributed by atoms with Crippen LogP contribution in [0.4, 0.5) is 0 Å². The van der Waals surface area contributed by atoms with Gasteiger partial charge in [-0.15, -0.1) is 6.42 Å². The fourth-order valence-electron chi connectivity index (χ4n) is 5.98. The summed E-state index contributed by atoms with van der Waals surface area (Å²) in [5, 5.41) is 11.0. The molecule has 1 aromatic rings. The minimum absolute atomic E-state index is 0.119. The van der Waals surface area contributed by atoms with E-state index in [1.54, 1.807) is 0 Å². The quantitative estimate of drug-likeness (QED) is 0.645. The van der Waals surface area contributed by atoms with Crippen molar-refractivity contribution in [2.24, 2.45) is 17.3 Å². The molecule has 0 heterocycles. The van der Waals surface area contributed by atoms with Crippen molar-refractivity contribution in [3.63, 3.8) is 0 Å². The molecule has 1 unspecified atom stereocenters. The molecule has 0 radical (unpaired) electrons. The van der Waals surface area contributed by atoms with Gasteiger partial charge in [0, 0.05) is 5.41 Å². The highest BCUT2D eigenvalue weighted by atomic mass is 16.5. The van der Waals surface area contributed by atoms with E-state index in [9.17, 15) is 5.11 Å². The Hall–Kier alpha value is -1.72. The number of aliphatic hydroxyl groups is 1. The minimum atomic E-state index is -0.912. The van der Waals surface area contributed by atoms with Gasteiger partial charge in [-0.1, -0.05) is 25.5 Å². The zero-order valence-electron chi connectivity index (χ0n) is 14.4. The lowest BCUT2D eigenvalue weighted by molar-refractivity contribution is -0.0646. The summed E-state index contributed by atoms with van der Waals surface area (Å²) in [6, 6.07) is 6.48. The van der Waals surface area contributed by atoms with Crippen molar-refractivity contribution in [1.82, 2.24) is 0 Å². The van der Waals surface area contributed by atoms with Crippen molar-refractivity contribution in [2.75, 3.05) is 0 Å². The van der Waals surface area contributed by atoms with E-state index in [4.69, 9.17) is 11.2 Å². The third-order valence-electron chi connectivity index (χ3n) is 7.31. The molecule has 0 saturated heterocycles. The predicted octanol–water partition coefficient (Wildman–Crippen LogP) is 4.43. The average molecular weight is 322 g/mol. The van der Waals surface area contributed by atoms with Crippen molar-refractivity contribution in [1.29, 1.82) is 0 Å². The summed E-state index contributed by atoms with van der Waals surface area (Å²) in [5.74, 6) is 5.41. The first-order valence-corrected chi connectivity index (χ1v) is 9.13. The summed E-state index contributed by atoms with van der Waals surface area (Å²) in [4.78, 5) is 0. The summed E-state index contributed by atoms with van der Waals surface area (Å²) < 4.78 is 5.44. The molecule has 0 bridgehead atoms. The van der Waals surface area contributed by atoms with Gasteiger partial charge in [0.15, 0.2) is 0 Å². The van der Waals surface area contributed by atoms with Crippen molar-refractivity contribution in [3.05, 3.63) is 42.2 Å². The molecule has 1 aromatic carbocycles. The summed E-state index contributed by atoms with van der Waals surface area (Å²) in [6.45, 7) is 5.87. The maximum absolute atomic E-state index is 11.0. The van der Waals surface area contributed by atoms with Crippen LogP contribution in [0.25, 0.3) is 0 Å². The van der Waals surface area contributed by atoms with Gasteiger partial charge in [-0.25, -0.2) is 0 Å². The molecule has 0 amide bonds. The zero-order chi connectivity index (χ0) is 16.9. The first kappa shape index (κ1) is 15.8. The van der Waals surface area contributed by atoms with Crippen LogP contribution in [0, 0.1) is 29.6 Å². The normalized spacial score (nSPS) is 40.0. The lowest BCUT2D eigenvalue weighted by Crippen LogP contribution is -2.50. The van der Waals surface area contributed by atoms with Crippen LogP contribution >= 0.6 is 0 Å². The second-order valence-electron chi connectivity index (χ2n) is 8.06. The fraction of sp³-hybridized carbons (Fsp3) is 0.545. The number of ether oxygens (including phenoxy) is 1. The van der Waals surface area contributed by atoms with Crippen LogP contribution in [-0.4, -0.2) is 10.7 Å². The SMILES string of the molecule is C#C[C@]1(O)CC[C@H]2[C@@H]3CCc4cc(OC=C)ccc4[C@H]3CCC21C. The zero-order valence-corrected chi connectivity index (χ0v) is 14.4. The van der Waals surface area contributed by atoms with Gasteiger partial charge in [-0.2, -0.15) is 0 Å². The monoisotopic (exact) mass is 322 g/mol. The maximum atomic E-state index is 11.0. The Morgan fingerprint density at radius 1 is 1.33 bits per heavy atom. The van der Waals surface area contributed by atoms with E-state index in [1.807, 2.05) is 0 Å². The average Bonchev–Trinajstić information content (AvgIpc) is 2.87. The molecule has 126 valence electrons.